The van der Waals surface area contributed by atoms with Crippen LogP contribution >= 0.6 is 0 Å². The maximum Gasteiger partial charge on any atom is 0.148 e. The average molecular weight is 270 g/mol. The van der Waals surface area contributed by atoms with E-state index in [9.17, 15) is 4.39 Å². The Hall–Kier alpha value is -1.49. The lowest BCUT2D eigenvalue weighted by Gasteiger charge is -2.32. The molecule has 0 aliphatic rings. The number of nitrogen functional groups attached to an aromatic ring is 1. The highest BCUT2D eigenvalue weighted by Crippen LogP contribution is 2.31. The predicted molar refractivity (Wildman–Crippen MR) is 75.9 cm³/mol. The molecule has 0 fully saturated rings. The van der Waals surface area contributed by atoms with Gasteiger partial charge in [0.25, 0.3) is 0 Å². The zero-order valence-electron chi connectivity index (χ0n) is 12.0. The number of ether oxygens (including phenoxy) is 1. The van der Waals surface area contributed by atoms with Crippen molar-refractivity contribution in [2.75, 3.05) is 24.8 Å². The quantitative estimate of drug-likeness (QED) is 0.719. The third kappa shape index (κ3) is 3.99. The van der Waals surface area contributed by atoms with Gasteiger partial charge >= 0.3 is 0 Å². The Kier molecular flexibility index (Phi) is 5.00. The van der Waals surface area contributed by atoms with Crippen molar-refractivity contribution < 1.29 is 14.2 Å². The molecule has 0 saturated heterocycles. The smallest absolute Gasteiger partial charge is 0.148 e. The fraction of sp³-hybridized carbons (Fsp3) is 0.571. The molecule has 4 N–H and O–H groups in total. The number of anilines is 2. The second-order valence-corrected chi connectivity index (χ2v) is 5.65. The van der Waals surface area contributed by atoms with Crippen molar-refractivity contribution in [3.8, 4) is 5.75 Å². The lowest BCUT2D eigenvalue weighted by atomic mass is 9.84. The fourth-order valence-electron chi connectivity index (χ4n) is 1.89. The topological polar surface area (TPSA) is 67.5 Å². The van der Waals surface area contributed by atoms with Crippen LogP contribution in [0.25, 0.3) is 0 Å². The van der Waals surface area contributed by atoms with E-state index in [4.69, 9.17) is 15.6 Å². The summed E-state index contributed by atoms with van der Waals surface area (Å²) in [5.41, 5.74) is 6.13. The normalized spacial score (nSPS) is 13.2. The number of nitrogens with one attached hydrogen (secondary N) is 1. The summed E-state index contributed by atoms with van der Waals surface area (Å²) in [5.74, 6) is 0.00560. The molecule has 1 rings (SSSR count). The first-order valence-corrected chi connectivity index (χ1v) is 6.30. The Bertz CT molecular complexity index is 430. The zero-order chi connectivity index (χ0) is 14.6. The number of rotatable bonds is 5. The van der Waals surface area contributed by atoms with Gasteiger partial charge in [-0.15, -0.1) is 0 Å². The highest BCUT2D eigenvalue weighted by Gasteiger charge is 2.25. The summed E-state index contributed by atoms with van der Waals surface area (Å²) in [5, 5.41) is 12.2. The van der Waals surface area contributed by atoms with Crippen LogP contribution in [0.5, 0.6) is 5.75 Å². The predicted octanol–water partition coefficient (Wildman–Crippen LogP) is 2.63. The maximum atomic E-state index is 13.9. The second kappa shape index (κ2) is 6.10. The largest absolute Gasteiger partial charge is 0.495 e. The summed E-state index contributed by atoms with van der Waals surface area (Å²) in [6.07, 6.45) is 0.537. The van der Waals surface area contributed by atoms with Crippen molar-refractivity contribution in [3.63, 3.8) is 0 Å². The van der Waals surface area contributed by atoms with E-state index in [0.717, 1.165) is 0 Å². The van der Waals surface area contributed by atoms with Gasteiger partial charge in [-0.25, -0.2) is 4.39 Å². The van der Waals surface area contributed by atoms with Crippen LogP contribution in [0, 0.1) is 11.2 Å². The molecule has 0 bridgehead atoms. The first kappa shape index (κ1) is 15.6. The number of hydrogen-bond acceptors (Lipinski definition) is 4. The van der Waals surface area contributed by atoms with Crippen molar-refractivity contribution in [1.82, 2.24) is 0 Å². The van der Waals surface area contributed by atoms with Gasteiger partial charge in [-0.2, -0.15) is 0 Å². The number of nitrogens with two attached hydrogens (primary N) is 1. The summed E-state index contributed by atoms with van der Waals surface area (Å²) in [6.45, 7) is 6.15. The molecular formula is C14H23FN2O2. The average Bonchev–Trinajstić information content (AvgIpc) is 2.30. The van der Waals surface area contributed by atoms with E-state index in [2.05, 4.69) is 5.32 Å². The van der Waals surface area contributed by atoms with E-state index in [1.54, 1.807) is 6.07 Å². The standard InChI is InChI=1S/C14H23FN2O2/c1-14(2,3)13(5-6-18)17-11-8-12(19-4)10(16)7-9(11)15/h7-8,13,17-18H,5-6,16H2,1-4H3. The van der Waals surface area contributed by atoms with E-state index >= 15 is 0 Å². The highest BCUT2D eigenvalue weighted by atomic mass is 19.1. The Labute approximate surface area is 113 Å². The molecule has 1 aromatic rings. The Morgan fingerprint density at radius 2 is 2.05 bits per heavy atom. The summed E-state index contributed by atoms with van der Waals surface area (Å²) >= 11 is 0. The molecule has 0 radical (unpaired) electrons. The zero-order valence-corrected chi connectivity index (χ0v) is 12.0. The van der Waals surface area contributed by atoms with Gasteiger partial charge < -0.3 is 20.9 Å². The molecule has 0 aromatic heterocycles. The first-order chi connectivity index (χ1) is 8.79. The molecule has 5 heteroatoms. The minimum absolute atomic E-state index is 0.0443. The van der Waals surface area contributed by atoms with E-state index in [1.807, 2.05) is 20.8 Å². The highest BCUT2D eigenvalue weighted by molar-refractivity contribution is 5.62. The Morgan fingerprint density at radius 3 is 2.53 bits per heavy atom. The summed E-state index contributed by atoms with van der Waals surface area (Å²) in [6, 6.07) is 2.72. The Balaban J connectivity index is 3.02. The fourth-order valence-corrected chi connectivity index (χ4v) is 1.89. The molecule has 108 valence electrons. The molecule has 1 aromatic carbocycles. The molecule has 0 heterocycles. The molecule has 0 aliphatic carbocycles. The van der Waals surface area contributed by atoms with Crippen LogP contribution in [0.3, 0.4) is 0 Å². The van der Waals surface area contributed by atoms with Crippen LogP contribution in [0.1, 0.15) is 27.2 Å². The molecule has 19 heavy (non-hydrogen) atoms. The van der Waals surface area contributed by atoms with Crippen molar-refractivity contribution in [2.24, 2.45) is 5.41 Å². The van der Waals surface area contributed by atoms with Crippen molar-refractivity contribution in [3.05, 3.63) is 17.9 Å². The summed E-state index contributed by atoms with van der Waals surface area (Å²) < 4.78 is 19.0. The van der Waals surface area contributed by atoms with E-state index in [1.165, 1.54) is 13.2 Å². The van der Waals surface area contributed by atoms with Gasteiger partial charge in [0.2, 0.25) is 0 Å². The molecule has 1 unspecified atom stereocenters. The van der Waals surface area contributed by atoms with Crippen LogP contribution < -0.4 is 15.8 Å². The molecule has 0 amide bonds. The van der Waals surface area contributed by atoms with Crippen LogP contribution in [-0.2, 0) is 0 Å². The molecule has 4 nitrogen and oxygen atoms in total. The van der Waals surface area contributed by atoms with Gasteiger partial charge in [0.05, 0.1) is 18.5 Å². The molecule has 1 atom stereocenters. The van der Waals surface area contributed by atoms with Crippen LogP contribution in [0.4, 0.5) is 15.8 Å². The van der Waals surface area contributed by atoms with Crippen LogP contribution in [0.2, 0.25) is 0 Å². The maximum absolute atomic E-state index is 13.9. The lowest BCUT2D eigenvalue weighted by Crippen LogP contribution is -2.35. The molecule has 0 spiro atoms. The van der Waals surface area contributed by atoms with E-state index in [0.29, 0.717) is 17.9 Å². The summed E-state index contributed by atoms with van der Waals surface area (Å²) in [7, 11) is 1.49. The first-order valence-electron chi connectivity index (χ1n) is 6.30. The van der Waals surface area contributed by atoms with Gasteiger partial charge in [-0.3, -0.25) is 0 Å². The summed E-state index contributed by atoms with van der Waals surface area (Å²) in [4.78, 5) is 0. The van der Waals surface area contributed by atoms with Gasteiger partial charge in [-0.05, 0) is 11.8 Å². The number of hydrogen-bond donors (Lipinski definition) is 3. The third-order valence-electron chi connectivity index (χ3n) is 3.11. The number of halogens is 1. The third-order valence-corrected chi connectivity index (χ3v) is 3.11. The van der Waals surface area contributed by atoms with Crippen molar-refractivity contribution in [2.45, 2.75) is 33.2 Å². The van der Waals surface area contributed by atoms with Crippen molar-refractivity contribution in [1.29, 1.82) is 0 Å². The SMILES string of the molecule is COc1cc(NC(CCO)C(C)(C)C)c(F)cc1N. The van der Waals surface area contributed by atoms with Gasteiger partial charge in [0, 0.05) is 24.8 Å². The van der Waals surface area contributed by atoms with Crippen LogP contribution in [0.15, 0.2) is 12.1 Å². The monoisotopic (exact) mass is 270 g/mol. The number of aliphatic hydroxyl groups excluding tert-OH is 1. The molecule has 0 aliphatic heterocycles. The molecule has 0 saturated carbocycles. The number of methoxy groups -OCH3 is 1. The lowest BCUT2D eigenvalue weighted by molar-refractivity contribution is 0.235. The van der Waals surface area contributed by atoms with Gasteiger partial charge in [0.1, 0.15) is 11.6 Å². The minimum atomic E-state index is -0.425. The number of benzene rings is 1. The van der Waals surface area contributed by atoms with Gasteiger partial charge in [-0.1, -0.05) is 20.8 Å². The van der Waals surface area contributed by atoms with E-state index in [-0.39, 0.29) is 23.8 Å². The van der Waals surface area contributed by atoms with Gasteiger partial charge in [0.15, 0.2) is 0 Å². The Morgan fingerprint density at radius 1 is 1.42 bits per heavy atom. The number of aliphatic hydroxyl groups is 1. The van der Waals surface area contributed by atoms with Crippen molar-refractivity contribution >= 4 is 11.4 Å². The second-order valence-electron chi connectivity index (χ2n) is 5.65. The van der Waals surface area contributed by atoms with Crippen LogP contribution in [-0.4, -0.2) is 24.9 Å². The minimum Gasteiger partial charge on any atom is -0.495 e. The molecular weight excluding hydrogens is 247 g/mol. The van der Waals surface area contributed by atoms with E-state index < -0.39 is 5.82 Å².